The molecular formula is C17H23N5OS. The van der Waals surface area contributed by atoms with Gasteiger partial charge in [-0.15, -0.1) is 11.3 Å². The molecule has 7 heteroatoms. The average molecular weight is 345 g/mol. The number of nitrogens with zero attached hydrogens (tertiary/aromatic N) is 4. The first-order valence-electron chi connectivity index (χ1n) is 8.63. The fourth-order valence-electron chi connectivity index (χ4n) is 3.98. The van der Waals surface area contributed by atoms with Crippen LogP contribution in [0.15, 0.2) is 24.0 Å². The molecule has 0 saturated carbocycles. The molecule has 1 unspecified atom stereocenters. The van der Waals surface area contributed by atoms with Crippen molar-refractivity contribution in [2.24, 2.45) is 13.0 Å². The Morgan fingerprint density at radius 3 is 3.04 bits per heavy atom. The first-order chi connectivity index (χ1) is 11.7. The lowest BCUT2D eigenvalue weighted by Crippen LogP contribution is -2.43. The normalized spacial score (nSPS) is 27.5. The van der Waals surface area contributed by atoms with Gasteiger partial charge in [-0.3, -0.25) is 9.48 Å². The van der Waals surface area contributed by atoms with Gasteiger partial charge >= 0.3 is 0 Å². The van der Waals surface area contributed by atoms with Gasteiger partial charge in [-0.05, 0) is 24.8 Å². The molecule has 1 N–H and O–H groups in total. The Morgan fingerprint density at radius 1 is 1.38 bits per heavy atom. The Kier molecular flexibility index (Phi) is 4.37. The van der Waals surface area contributed by atoms with Crippen LogP contribution in [-0.2, 0) is 11.8 Å². The van der Waals surface area contributed by atoms with E-state index in [0.29, 0.717) is 0 Å². The number of hydrogen-bond donors (Lipinski definition) is 1. The van der Waals surface area contributed by atoms with E-state index >= 15 is 0 Å². The van der Waals surface area contributed by atoms with Crippen molar-refractivity contribution in [3.05, 3.63) is 34.5 Å². The number of likely N-dealkylation sites (tertiary alicyclic amines) is 1. The quantitative estimate of drug-likeness (QED) is 0.923. The number of thiazole rings is 1. The smallest absolute Gasteiger partial charge is 0.228 e. The van der Waals surface area contributed by atoms with Crippen LogP contribution in [0, 0.1) is 5.92 Å². The average Bonchev–Trinajstić information content (AvgIpc) is 3.35. The summed E-state index contributed by atoms with van der Waals surface area (Å²) in [6, 6.07) is 0.154. The summed E-state index contributed by atoms with van der Waals surface area (Å²) >= 11 is 1.66. The molecule has 24 heavy (non-hydrogen) atoms. The number of carbonyl (C=O) groups is 1. The van der Waals surface area contributed by atoms with Gasteiger partial charge in [0.2, 0.25) is 5.91 Å². The van der Waals surface area contributed by atoms with Crippen molar-refractivity contribution >= 4 is 17.2 Å². The number of piperidine rings is 1. The Bertz CT molecular complexity index is 698. The maximum Gasteiger partial charge on any atom is 0.228 e. The summed E-state index contributed by atoms with van der Waals surface area (Å²) in [6.45, 7) is 2.44. The zero-order valence-corrected chi connectivity index (χ0v) is 14.7. The number of carbonyl (C=O) groups excluding carboxylic acids is 1. The summed E-state index contributed by atoms with van der Waals surface area (Å²) in [5, 5.41) is 10.8. The maximum atomic E-state index is 13.3. The monoisotopic (exact) mass is 345 g/mol. The van der Waals surface area contributed by atoms with E-state index in [4.69, 9.17) is 0 Å². The van der Waals surface area contributed by atoms with E-state index in [0.717, 1.165) is 43.0 Å². The van der Waals surface area contributed by atoms with Gasteiger partial charge < -0.3 is 10.2 Å². The van der Waals surface area contributed by atoms with Crippen LogP contribution in [0.4, 0.5) is 0 Å². The zero-order chi connectivity index (χ0) is 16.5. The summed E-state index contributed by atoms with van der Waals surface area (Å²) in [5.41, 5.74) is 1.16. The van der Waals surface area contributed by atoms with E-state index in [9.17, 15) is 4.79 Å². The van der Waals surface area contributed by atoms with E-state index in [2.05, 4.69) is 20.3 Å². The van der Waals surface area contributed by atoms with E-state index in [1.54, 1.807) is 11.3 Å². The molecule has 2 saturated heterocycles. The molecule has 0 radical (unpaired) electrons. The second kappa shape index (κ2) is 6.64. The lowest BCUT2D eigenvalue weighted by molar-refractivity contribution is -0.139. The minimum atomic E-state index is -0.00485. The molecule has 6 nitrogen and oxygen atoms in total. The van der Waals surface area contributed by atoms with Gasteiger partial charge in [0.05, 0.1) is 18.2 Å². The predicted octanol–water partition coefficient (Wildman–Crippen LogP) is 1.93. The molecule has 2 aromatic rings. The van der Waals surface area contributed by atoms with Gasteiger partial charge in [0, 0.05) is 50.4 Å². The van der Waals surface area contributed by atoms with Crippen molar-refractivity contribution < 1.29 is 4.79 Å². The molecule has 2 aromatic heterocycles. The van der Waals surface area contributed by atoms with Crippen LogP contribution in [0.25, 0.3) is 0 Å². The first-order valence-corrected chi connectivity index (χ1v) is 9.51. The summed E-state index contributed by atoms with van der Waals surface area (Å²) in [5.74, 6) is 0.480. The highest BCUT2D eigenvalue weighted by atomic mass is 32.1. The van der Waals surface area contributed by atoms with Crippen LogP contribution < -0.4 is 5.32 Å². The van der Waals surface area contributed by atoms with E-state index in [1.807, 2.05) is 35.7 Å². The van der Waals surface area contributed by atoms with Gasteiger partial charge in [-0.25, -0.2) is 4.98 Å². The number of hydrogen-bond acceptors (Lipinski definition) is 5. The highest BCUT2D eigenvalue weighted by molar-refractivity contribution is 7.09. The molecular weight excluding hydrogens is 322 g/mol. The second-order valence-electron chi connectivity index (χ2n) is 6.73. The minimum absolute atomic E-state index is 0.00485. The van der Waals surface area contributed by atoms with Crippen LogP contribution in [0.3, 0.4) is 0 Å². The van der Waals surface area contributed by atoms with Gasteiger partial charge in [0.15, 0.2) is 0 Å². The Morgan fingerprint density at radius 2 is 2.29 bits per heavy atom. The van der Waals surface area contributed by atoms with Crippen molar-refractivity contribution in [2.45, 2.75) is 31.2 Å². The third-order valence-corrected chi connectivity index (χ3v) is 6.08. The molecule has 0 aromatic carbocycles. The second-order valence-corrected chi connectivity index (χ2v) is 7.66. The lowest BCUT2D eigenvalue weighted by Gasteiger charge is -2.37. The molecule has 3 atom stereocenters. The number of nitrogens with one attached hydrogen (secondary N) is 1. The van der Waals surface area contributed by atoms with Crippen LogP contribution in [-0.4, -0.2) is 45.2 Å². The number of aryl methyl sites for hydroxylation is 1. The standard InChI is InChI=1S/C17H23N5OS/c1-21-11-12(8-20-21)13-9-18-10-14(13)17(23)22-6-3-2-4-15(22)16-19-5-7-24-16/h5,7-8,11,13-15,18H,2-4,6,9-10H2,1H3/t13-,14+,15?/m1/s1. The Labute approximate surface area is 145 Å². The fraction of sp³-hybridized carbons (Fsp3) is 0.588. The first kappa shape index (κ1) is 15.8. The van der Waals surface area contributed by atoms with Crippen LogP contribution in [0.1, 0.15) is 41.8 Å². The lowest BCUT2D eigenvalue weighted by atomic mass is 9.88. The van der Waals surface area contributed by atoms with Crippen molar-refractivity contribution in [2.75, 3.05) is 19.6 Å². The van der Waals surface area contributed by atoms with Crippen molar-refractivity contribution in [3.8, 4) is 0 Å². The van der Waals surface area contributed by atoms with Crippen LogP contribution >= 0.6 is 11.3 Å². The topological polar surface area (TPSA) is 63.1 Å². The van der Waals surface area contributed by atoms with E-state index < -0.39 is 0 Å². The van der Waals surface area contributed by atoms with Gasteiger partial charge in [0.1, 0.15) is 5.01 Å². The number of amides is 1. The van der Waals surface area contributed by atoms with Gasteiger partial charge in [-0.1, -0.05) is 0 Å². The molecule has 0 spiro atoms. The number of aromatic nitrogens is 3. The molecule has 1 amide bonds. The SMILES string of the molecule is Cn1cc([C@H]2CNC[C@@H]2C(=O)N2CCCCC2c2nccs2)cn1. The Balaban J connectivity index is 1.57. The van der Waals surface area contributed by atoms with Crippen molar-refractivity contribution in [3.63, 3.8) is 0 Å². The molecule has 128 valence electrons. The number of rotatable bonds is 3. The molecule has 4 heterocycles. The molecule has 2 aliphatic heterocycles. The highest BCUT2D eigenvalue weighted by Gasteiger charge is 2.40. The van der Waals surface area contributed by atoms with Crippen LogP contribution in [0.2, 0.25) is 0 Å². The Hall–Kier alpha value is -1.73. The summed E-state index contributed by atoms with van der Waals surface area (Å²) in [7, 11) is 1.92. The van der Waals surface area contributed by atoms with Gasteiger partial charge in [0.25, 0.3) is 0 Å². The summed E-state index contributed by atoms with van der Waals surface area (Å²) < 4.78 is 1.81. The molecule has 0 aliphatic carbocycles. The fourth-order valence-corrected chi connectivity index (χ4v) is 4.77. The molecule has 2 aliphatic rings. The predicted molar refractivity (Wildman–Crippen MR) is 92.7 cm³/mol. The summed E-state index contributed by atoms with van der Waals surface area (Å²) in [6.07, 6.45) is 9.05. The van der Waals surface area contributed by atoms with Crippen molar-refractivity contribution in [1.82, 2.24) is 25.0 Å². The third-order valence-electron chi connectivity index (χ3n) is 5.21. The molecule has 2 fully saturated rings. The van der Waals surface area contributed by atoms with E-state index in [1.165, 1.54) is 6.42 Å². The zero-order valence-electron chi connectivity index (χ0n) is 13.9. The van der Waals surface area contributed by atoms with E-state index in [-0.39, 0.29) is 23.8 Å². The highest BCUT2D eigenvalue weighted by Crippen LogP contribution is 2.36. The van der Waals surface area contributed by atoms with Gasteiger partial charge in [-0.2, -0.15) is 5.10 Å². The minimum Gasteiger partial charge on any atom is -0.333 e. The van der Waals surface area contributed by atoms with Crippen molar-refractivity contribution in [1.29, 1.82) is 0 Å². The summed E-state index contributed by atoms with van der Waals surface area (Å²) in [4.78, 5) is 19.9. The maximum absolute atomic E-state index is 13.3. The molecule has 4 rings (SSSR count). The third kappa shape index (κ3) is 2.86. The largest absolute Gasteiger partial charge is 0.333 e. The molecule has 0 bridgehead atoms. The van der Waals surface area contributed by atoms with Crippen LogP contribution in [0.5, 0.6) is 0 Å².